The van der Waals surface area contributed by atoms with Gasteiger partial charge in [0, 0.05) is 0 Å². The second-order valence-corrected chi connectivity index (χ2v) is 5.99. The standard InChI is InChI=1S/C22H22N2O2/c1-4-26-20-13-10-18(11-14-20)12-15-21(25)22-16(2)23-24(17(22)3)19-8-6-5-7-9-19/h5-15H,4H2,1-3H3/b15-12+. The SMILES string of the molecule is CCOc1ccc(/C=C/C(=O)c2c(C)nn(-c3ccccc3)c2C)cc1. The fraction of sp³-hybridized carbons (Fsp3) is 0.182. The monoisotopic (exact) mass is 346 g/mol. The van der Waals surface area contributed by atoms with Crippen LogP contribution in [0.1, 0.15) is 34.2 Å². The molecule has 0 saturated carbocycles. The summed E-state index contributed by atoms with van der Waals surface area (Å²) in [5.74, 6) is 0.780. The van der Waals surface area contributed by atoms with Gasteiger partial charge in [-0.1, -0.05) is 36.4 Å². The summed E-state index contributed by atoms with van der Waals surface area (Å²) in [5, 5.41) is 4.53. The van der Waals surface area contributed by atoms with Gasteiger partial charge in [0.2, 0.25) is 0 Å². The van der Waals surface area contributed by atoms with E-state index in [4.69, 9.17) is 4.74 Å². The molecular weight excluding hydrogens is 324 g/mol. The first-order chi connectivity index (χ1) is 12.6. The number of nitrogens with zero attached hydrogens (tertiary/aromatic N) is 2. The summed E-state index contributed by atoms with van der Waals surface area (Å²) in [7, 11) is 0. The van der Waals surface area contributed by atoms with Gasteiger partial charge >= 0.3 is 0 Å². The molecule has 0 aliphatic rings. The Balaban J connectivity index is 1.83. The van der Waals surface area contributed by atoms with E-state index in [0.29, 0.717) is 12.2 Å². The molecule has 0 aliphatic heterocycles. The van der Waals surface area contributed by atoms with Gasteiger partial charge in [-0.2, -0.15) is 5.10 Å². The molecule has 0 radical (unpaired) electrons. The zero-order valence-corrected chi connectivity index (χ0v) is 15.3. The van der Waals surface area contributed by atoms with Crippen molar-refractivity contribution in [2.75, 3.05) is 6.61 Å². The van der Waals surface area contributed by atoms with Gasteiger partial charge in [0.25, 0.3) is 0 Å². The Labute approximate surface area is 153 Å². The molecule has 3 aromatic rings. The lowest BCUT2D eigenvalue weighted by atomic mass is 10.1. The number of aromatic nitrogens is 2. The minimum Gasteiger partial charge on any atom is -0.494 e. The zero-order chi connectivity index (χ0) is 18.5. The van der Waals surface area contributed by atoms with Crippen LogP contribution >= 0.6 is 0 Å². The first-order valence-corrected chi connectivity index (χ1v) is 8.67. The molecule has 0 bridgehead atoms. The maximum absolute atomic E-state index is 12.7. The number of allylic oxidation sites excluding steroid dienone is 1. The highest BCUT2D eigenvalue weighted by Crippen LogP contribution is 2.19. The summed E-state index contributed by atoms with van der Waals surface area (Å²) in [6, 6.07) is 17.5. The van der Waals surface area contributed by atoms with Gasteiger partial charge < -0.3 is 4.74 Å². The number of para-hydroxylation sites is 1. The number of benzene rings is 2. The Morgan fingerprint density at radius 1 is 1.08 bits per heavy atom. The van der Waals surface area contributed by atoms with Crippen molar-refractivity contribution in [2.45, 2.75) is 20.8 Å². The van der Waals surface area contributed by atoms with Gasteiger partial charge in [-0.25, -0.2) is 4.68 Å². The van der Waals surface area contributed by atoms with Crippen LogP contribution < -0.4 is 4.74 Å². The van der Waals surface area contributed by atoms with E-state index in [1.54, 1.807) is 6.08 Å². The van der Waals surface area contributed by atoms with Crippen molar-refractivity contribution in [1.82, 2.24) is 9.78 Å². The summed E-state index contributed by atoms with van der Waals surface area (Å²) >= 11 is 0. The second-order valence-electron chi connectivity index (χ2n) is 5.99. The molecule has 1 heterocycles. The van der Waals surface area contributed by atoms with E-state index < -0.39 is 0 Å². The van der Waals surface area contributed by atoms with E-state index in [1.807, 2.05) is 86.1 Å². The first kappa shape index (κ1) is 17.7. The van der Waals surface area contributed by atoms with Crippen LogP contribution in [0.4, 0.5) is 0 Å². The molecule has 0 unspecified atom stereocenters. The number of hydrogen-bond acceptors (Lipinski definition) is 3. The molecule has 0 amide bonds. The Morgan fingerprint density at radius 2 is 1.77 bits per heavy atom. The van der Waals surface area contributed by atoms with Gasteiger partial charge in [-0.3, -0.25) is 4.79 Å². The van der Waals surface area contributed by atoms with Gasteiger partial charge in [-0.05, 0) is 56.7 Å². The average molecular weight is 346 g/mol. The van der Waals surface area contributed by atoms with Crippen molar-refractivity contribution in [3.63, 3.8) is 0 Å². The minimum absolute atomic E-state index is 0.0453. The summed E-state index contributed by atoms with van der Waals surface area (Å²) in [6.07, 6.45) is 3.42. The third-order valence-electron chi connectivity index (χ3n) is 4.16. The Hall–Kier alpha value is -3.14. The van der Waals surface area contributed by atoms with E-state index in [1.165, 1.54) is 0 Å². The molecule has 4 nitrogen and oxygen atoms in total. The molecule has 0 N–H and O–H groups in total. The molecule has 26 heavy (non-hydrogen) atoms. The fourth-order valence-corrected chi connectivity index (χ4v) is 2.92. The summed E-state index contributed by atoms with van der Waals surface area (Å²) < 4.78 is 7.24. The predicted molar refractivity (Wildman–Crippen MR) is 104 cm³/mol. The van der Waals surface area contributed by atoms with Crippen LogP contribution in [0.5, 0.6) is 5.75 Å². The Kier molecular flexibility index (Phi) is 5.32. The van der Waals surface area contributed by atoms with Crippen molar-refractivity contribution >= 4 is 11.9 Å². The lowest BCUT2D eigenvalue weighted by molar-refractivity contribution is 0.104. The molecule has 0 spiro atoms. The number of ketones is 1. The zero-order valence-electron chi connectivity index (χ0n) is 15.3. The van der Waals surface area contributed by atoms with Crippen LogP contribution in [0.15, 0.2) is 60.7 Å². The number of carbonyl (C=O) groups is 1. The predicted octanol–water partition coefficient (Wildman–Crippen LogP) is 4.78. The third-order valence-corrected chi connectivity index (χ3v) is 4.16. The minimum atomic E-state index is -0.0453. The van der Waals surface area contributed by atoms with E-state index in [9.17, 15) is 4.79 Å². The number of aryl methyl sites for hydroxylation is 1. The smallest absolute Gasteiger partial charge is 0.189 e. The molecular formula is C22H22N2O2. The third kappa shape index (κ3) is 3.75. The molecule has 3 rings (SSSR count). The fourth-order valence-electron chi connectivity index (χ4n) is 2.92. The molecule has 132 valence electrons. The molecule has 0 aliphatic carbocycles. The molecule has 0 saturated heterocycles. The van der Waals surface area contributed by atoms with E-state index >= 15 is 0 Å². The highest BCUT2D eigenvalue weighted by atomic mass is 16.5. The van der Waals surface area contributed by atoms with Gasteiger partial charge in [0.15, 0.2) is 5.78 Å². The molecule has 0 fully saturated rings. The van der Waals surface area contributed by atoms with Crippen LogP contribution in [-0.4, -0.2) is 22.2 Å². The Bertz CT molecular complexity index is 923. The highest BCUT2D eigenvalue weighted by molar-refractivity contribution is 6.08. The van der Waals surface area contributed by atoms with Crippen molar-refractivity contribution in [2.24, 2.45) is 0 Å². The van der Waals surface area contributed by atoms with Crippen LogP contribution in [0.25, 0.3) is 11.8 Å². The summed E-state index contributed by atoms with van der Waals surface area (Å²) in [5.41, 5.74) is 4.12. The molecule has 2 aromatic carbocycles. The number of rotatable bonds is 6. The molecule has 1 aromatic heterocycles. The summed E-state index contributed by atoms with van der Waals surface area (Å²) in [6.45, 7) is 6.37. The lowest BCUT2D eigenvalue weighted by Crippen LogP contribution is -2.01. The highest BCUT2D eigenvalue weighted by Gasteiger charge is 2.17. The van der Waals surface area contributed by atoms with Crippen LogP contribution in [-0.2, 0) is 0 Å². The quantitative estimate of drug-likeness (QED) is 0.476. The largest absolute Gasteiger partial charge is 0.494 e. The second kappa shape index (κ2) is 7.83. The van der Waals surface area contributed by atoms with Crippen molar-refractivity contribution in [3.8, 4) is 11.4 Å². The first-order valence-electron chi connectivity index (χ1n) is 8.67. The Morgan fingerprint density at radius 3 is 2.42 bits per heavy atom. The number of hydrogen-bond donors (Lipinski definition) is 0. The van der Waals surface area contributed by atoms with E-state index in [-0.39, 0.29) is 5.78 Å². The summed E-state index contributed by atoms with van der Waals surface area (Å²) in [4.78, 5) is 12.7. The molecule has 0 atom stereocenters. The van der Waals surface area contributed by atoms with E-state index in [0.717, 1.165) is 28.4 Å². The van der Waals surface area contributed by atoms with Crippen molar-refractivity contribution in [1.29, 1.82) is 0 Å². The van der Waals surface area contributed by atoms with Crippen LogP contribution in [0.3, 0.4) is 0 Å². The average Bonchev–Trinajstić information content (AvgIpc) is 2.96. The maximum Gasteiger partial charge on any atom is 0.189 e. The maximum atomic E-state index is 12.7. The van der Waals surface area contributed by atoms with Crippen molar-refractivity contribution < 1.29 is 9.53 Å². The lowest BCUT2D eigenvalue weighted by Gasteiger charge is -2.04. The molecule has 4 heteroatoms. The van der Waals surface area contributed by atoms with Crippen LogP contribution in [0, 0.1) is 13.8 Å². The van der Waals surface area contributed by atoms with Gasteiger partial charge in [0.05, 0.1) is 29.2 Å². The van der Waals surface area contributed by atoms with Gasteiger partial charge in [-0.15, -0.1) is 0 Å². The number of carbonyl (C=O) groups excluding carboxylic acids is 1. The number of ether oxygens (including phenoxy) is 1. The normalized spacial score (nSPS) is 11.0. The van der Waals surface area contributed by atoms with E-state index in [2.05, 4.69) is 5.10 Å². The van der Waals surface area contributed by atoms with Crippen LogP contribution in [0.2, 0.25) is 0 Å². The van der Waals surface area contributed by atoms with Gasteiger partial charge in [0.1, 0.15) is 5.75 Å². The van der Waals surface area contributed by atoms with Crippen molar-refractivity contribution in [3.05, 3.63) is 83.2 Å². The topological polar surface area (TPSA) is 44.1 Å².